The van der Waals surface area contributed by atoms with Crippen molar-refractivity contribution in [1.29, 1.82) is 0 Å². The van der Waals surface area contributed by atoms with Crippen LogP contribution in [0, 0.1) is 0 Å². The fourth-order valence-corrected chi connectivity index (χ4v) is 2.44. The fraction of sp³-hybridized carbons (Fsp3) is 0.188. The number of anilines is 1. The van der Waals surface area contributed by atoms with Crippen molar-refractivity contribution in [2.45, 2.75) is 18.9 Å². The van der Waals surface area contributed by atoms with Gasteiger partial charge in [-0.3, -0.25) is 9.20 Å². The number of nitrogens with one attached hydrogen (secondary N) is 1. The van der Waals surface area contributed by atoms with E-state index < -0.39 is 0 Å². The van der Waals surface area contributed by atoms with Crippen LogP contribution >= 0.6 is 0 Å². The summed E-state index contributed by atoms with van der Waals surface area (Å²) in [6, 6.07) is 7.86. The van der Waals surface area contributed by atoms with Gasteiger partial charge in [-0.05, 0) is 25.0 Å². The SMILES string of the molecule is Nc1nccn2c(-c3ccc(C(=O)NC4CC4)cc3)cnc12. The van der Waals surface area contributed by atoms with Crippen molar-refractivity contribution < 1.29 is 4.79 Å². The fourth-order valence-electron chi connectivity index (χ4n) is 2.44. The zero-order valence-electron chi connectivity index (χ0n) is 11.9. The third-order valence-electron chi connectivity index (χ3n) is 3.81. The molecule has 3 aromatic rings. The van der Waals surface area contributed by atoms with E-state index in [2.05, 4.69) is 15.3 Å². The number of carbonyl (C=O) groups is 1. The Kier molecular flexibility index (Phi) is 2.82. The maximum Gasteiger partial charge on any atom is 0.251 e. The maximum absolute atomic E-state index is 12.0. The molecule has 1 fully saturated rings. The molecule has 0 unspecified atom stereocenters. The standard InChI is InChI=1S/C16H15N5O/c17-14-15-19-9-13(21(15)8-7-18-14)10-1-3-11(4-2-10)16(22)20-12-5-6-12/h1-4,7-9,12H,5-6H2,(H2,17,18)(H,20,22). The third-order valence-corrected chi connectivity index (χ3v) is 3.81. The molecule has 3 N–H and O–H groups in total. The van der Waals surface area contributed by atoms with E-state index in [0.717, 1.165) is 24.1 Å². The van der Waals surface area contributed by atoms with Gasteiger partial charge in [-0.1, -0.05) is 12.1 Å². The summed E-state index contributed by atoms with van der Waals surface area (Å²) in [4.78, 5) is 20.3. The van der Waals surface area contributed by atoms with Crippen molar-refractivity contribution in [2.75, 3.05) is 5.73 Å². The maximum atomic E-state index is 12.0. The molecule has 0 aliphatic heterocycles. The van der Waals surface area contributed by atoms with Crippen molar-refractivity contribution in [3.05, 3.63) is 48.4 Å². The Balaban J connectivity index is 1.67. The average molecular weight is 293 g/mol. The Morgan fingerprint density at radius 2 is 2.00 bits per heavy atom. The van der Waals surface area contributed by atoms with Gasteiger partial charge in [-0.15, -0.1) is 0 Å². The van der Waals surface area contributed by atoms with Gasteiger partial charge in [-0.2, -0.15) is 0 Å². The highest BCUT2D eigenvalue weighted by Crippen LogP contribution is 2.23. The van der Waals surface area contributed by atoms with E-state index >= 15 is 0 Å². The molecule has 0 saturated heterocycles. The number of rotatable bonds is 3. The van der Waals surface area contributed by atoms with Gasteiger partial charge in [0.25, 0.3) is 5.91 Å². The molecule has 4 rings (SSSR count). The molecule has 6 nitrogen and oxygen atoms in total. The monoisotopic (exact) mass is 293 g/mol. The van der Waals surface area contributed by atoms with Gasteiger partial charge in [0.15, 0.2) is 11.5 Å². The summed E-state index contributed by atoms with van der Waals surface area (Å²) in [5, 5.41) is 2.98. The number of carbonyl (C=O) groups excluding carboxylic acids is 1. The first-order valence-electron chi connectivity index (χ1n) is 7.21. The first-order chi connectivity index (χ1) is 10.7. The molecule has 110 valence electrons. The summed E-state index contributed by atoms with van der Waals surface area (Å²) in [6.07, 6.45) is 7.39. The van der Waals surface area contributed by atoms with Gasteiger partial charge < -0.3 is 11.1 Å². The van der Waals surface area contributed by atoms with Gasteiger partial charge in [0.2, 0.25) is 0 Å². The molecule has 1 aromatic carbocycles. The highest BCUT2D eigenvalue weighted by Gasteiger charge is 2.23. The molecule has 0 bridgehead atoms. The van der Waals surface area contributed by atoms with Crippen LogP contribution in [0.15, 0.2) is 42.9 Å². The molecule has 0 atom stereocenters. The van der Waals surface area contributed by atoms with Crippen molar-refractivity contribution >= 4 is 17.4 Å². The Morgan fingerprint density at radius 3 is 2.73 bits per heavy atom. The molecular weight excluding hydrogens is 278 g/mol. The number of nitrogens with zero attached hydrogens (tertiary/aromatic N) is 3. The number of imidazole rings is 1. The topological polar surface area (TPSA) is 85.3 Å². The average Bonchev–Trinajstić information content (AvgIpc) is 3.23. The molecule has 0 spiro atoms. The smallest absolute Gasteiger partial charge is 0.251 e. The predicted octanol–water partition coefficient (Wildman–Crippen LogP) is 1.87. The van der Waals surface area contributed by atoms with Crippen LogP contribution in [0.25, 0.3) is 16.9 Å². The van der Waals surface area contributed by atoms with E-state index in [1.54, 1.807) is 12.4 Å². The minimum Gasteiger partial charge on any atom is -0.381 e. The van der Waals surface area contributed by atoms with Crippen molar-refractivity contribution in [1.82, 2.24) is 19.7 Å². The minimum absolute atomic E-state index is 0.0133. The van der Waals surface area contributed by atoms with Crippen molar-refractivity contribution in [3.63, 3.8) is 0 Å². The van der Waals surface area contributed by atoms with Crippen LogP contribution in [0.4, 0.5) is 5.82 Å². The molecule has 2 aromatic heterocycles. The third kappa shape index (κ3) is 2.18. The predicted molar refractivity (Wildman–Crippen MR) is 83.3 cm³/mol. The second-order valence-corrected chi connectivity index (χ2v) is 5.47. The van der Waals surface area contributed by atoms with Crippen LogP contribution in [-0.4, -0.2) is 26.3 Å². The molecule has 1 aliphatic carbocycles. The second-order valence-electron chi connectivity index (χ2n) is 5.47. The van der Waals surface area contributed by atoms with E-state index in [-0.39, 0.29) is 5.91 Å². The molecule has 1 amide bonds. The molecule has 22 heavy (non-hydrogen) atoms. The first-order valence-corrected chi connectivity index (χ1v) is 7.21. The van der Waals surface area contributed by atoms with Crippen LogP contribution in [0.1, 0.15) is 23.2 Å². The number of aromatic nitrogens is 3. The van der Waals surface area contributed by atoms with E-state index in [1.165, 1.54) is 0 Å². The molecule has 0 radical (unpaired) electrons. The number of nitrogen functional groups attached to an aromatic ring is 1. The van der Waals surface area contributed by atoms with Crippen LogP contribution in [0.5, 0.6) is 0 Å². The van der Waals surface area contributed by atoms with Crippen LogP contribution in [0.3, 0.4) is 0 Å². The molecule has 1 saturated carbocycles. The van der Waals surface area contributed by atoms with Gasteiger partial charge in [0.1, 0.15) is 0 Å². The van der Waals surface area contributed by atoms with Gasteiger partial charge >= 0.3 is 0 Å². The zero-order chi connectivity index (χ0) is 15.1. The van der Waals surface area contributed by atoms with Crippen molar-refractivity contribution in [3.8, 4) is 11.3 Å². The van der Waals surface area contributed by atoms with E-state index in [9.17, 15) is 4.79 Å². The van der Waals surface area contributed by atoms with E-state index in [1.807, 2.05) is 34.9 Å². The quantitative estimate of drug-likeness (QED) is 0.772. The summed E-state index contributed by atoms with van der Waals surface area (Å²) in [7, 11) is 0. The largest absolute Gasteiger partial charge is 0.381 e. The number of hydrogen-bond acceptors (Lipinski definition) is 4. The minimum atomic E-state index is -0.0133. The highest BCUT2D eigenvalue weighted by atomic mass is 16.1. The van der Waals surface area contributed by atoms with Gasteiger partial charge in [0.05, 0.1) is 11.9 Å². The lowest BCUT2D eigenvalue weighted by Crippen LogP contribution is -2.25. The first kappa shape index (κ1) is 12.8. The summed E-state index contributed by atoms with van der Waals surface area (Å²) in [5.41, 5.74) is 9.01. The number of nitrogens with two attached hydrogens (primary N) is 1. The Morgan fingerprint density at radius 1 is 1.23 bits per heavy atom. The lowest BCUT2D eigenvalue weighted by molar-refractivity contribution is 0.0951. The molecule has 1 aliphatic rings. The summed E-state index contributed by atoms with van der Waals surface area (Å²) >= 11 is 0. The lowest BCUT2D eigenvalue weighted by atomic mass is 10.1. The Bertz CT molecular complexity index is 849. The number of hydrogen-bond donors (Lipinski definition) is 2. The normalized spacial score (nSPS) is 14.2. The molecular formula is C16H15N5O. The summed E-state index contributed by atoms with van der Waals surface area (Å²) in [6.45, 7) is 0. The highest BCUT2D eigenvalue weighted by molar-refractivity contribution is 5.95. The van der Waals surface area contributed by atoms with E-state index in [0.29, 0.717) is 23.1 Å². The van der Waals surface area contributed by atoms with Gasteiger partial charge in [0, 0.05) is 29.6 Å². The summed E-state index contributed by atoms with van der Waals surface area (Å²) < 4.78 is 1.89. The molecule has 6 heteroatoms. The number of benzene rings is 1. The van der Waals surface area contributed by atoms with Crippen LogP contribution in [0.2, 0.25) is 0 Å². The Labute approximate surface area is 127 Å². The van der Waals surface area contributed by atoms with Crippen LogP contribution in [-0.2, 0) is 0 Å². The zero-order valence-corrected chi connectivity index (χ0v) is 11.9. The lowest BCUT2D eigenvalue weighted by Gasteiger charge is -2.05. The summed E-state index contributed by atoms with van der Waals surface area (Å²) in [5.74, 6) is 0.384. The van der Waals surface area contributed by atoms with Crippen LogP contribution < -0.4 is 11.1 Å². The van der Waals surface area contributed by atoms with Crippen molar-refractivity contribution in [2.24, 2.45) is 0 Å². The van der Waals surface area contributed by atoms with E-state index in [4.69, 9.17) is 5.73 Å². The Hall–Kier alpha value is -2.89. The molecule has 2 heterocycles. The van der Waals surface area contributed by atoms with Gasteiger partial charge in [-0.25, -0.2) is 9.97 Å². The second kappa shape index (κ2) is 4.84. The number of fused-ring (bicyclic) bond motifs is 1. The number of amides is 1.